The van der Waals surface area contributed by atoms with Crippen molar-refractivity contribution in [1.82, 2.24) is 10.0 Å². The lowest BCUT2D eigenvalue weighted by Crippen LogP contribution is -2.16. The second-order valence-electron chi connectivity index (χ2n) is 4.70. The van der Waals surface area contributed by atoms with Gasteiger partial charge in [-0.1, -0.05) is 48.2 Å². The summed E-state index contributed by atoms with van der Waals surface area (Å²) in [6, 6.07) is 14.6. The average Bonchev–Trinajstić information content (AvgIpc) is 2.85. The fourth-order valence-electron chi connectivity index (χ4n) is 2.05. The molecule has 0 aliphatic carbocycles. The van der Waals surface area contributed by atoms with E-state index in [9.17, 15) is 10.0 Å². The Morgan fingerprint density at radius 1 is 1.23 bits per heavy atom. The van der Waals surface area contributed by atoms with Gasteiger partial charge < -0.3 is 4.74 Å². The molecule has 1 atom stereocenters. The number of nitrogens with zero attached hydrogens (tertiary/aromatic N) is 2. The first kappa shape index (κ1) is 14.6. The molecule has 0 spiro atoms. The number of hydrogen-bond donors (Lipinski definition) is 1. The average molecular weight is 314 g/mol. The Morgan fingerprint density at radius 3 is 2.64 bits per heavy atom. The zero-order valence-electron chi connectivity index (χ0n) is 11.8. The van der Waals surface area contributed by atoms with Gasteiger partial charge in [0.1, 0.15) is 11.1 Å². The smallest absolute Gasteiger partial charge is 0.362 e. The van der Waals surface area contributed by atoms with Crippen LogP contribution in [0.3, 0.4) is 0 Å². The largest absolute Gasteiger partial charge is 0.413 e. The molecule has 0 radical (unpaired) electrons. The van der Waals surface area contributed by atoms with Gasteiger partial charge >= 0.3 is 5.97 Å². The van der Waals surface area contributed by atoms with Gasteiger partial charge in [-0.3, -0.25) is 5.21 Å². The van der Waals surface area contributed by atoms with Crippen LogP contribution in [0.1, 0.15) is 28.3 Å². The van der Waals surface area contributed by atoms with Crippen LogP contribution in [0.25, 0.3) is 0 Å². The molecule has 1 aromatic heterocycles. The molecule has 1 aliphatic rings. The molecule has 22 heavy (non-hydrogen) atoms. The van der Waals surface area contributed by atoms with Gasteiger partial charge in [0, 0.05) is 6.20 Å². The van der Waals surface area contributed by atoms with Gasteiger partial charge in [0.15, 0.2) is 5.09 Å². The summed E-state index contributed by atoms with van der Waals surface area (Å²) in [6.45, 7) is 1.71. The summed E-state index contributed by atoms with van der Waals surface area (Å²) in [5.74, 6) is -0.537. The molecule has 3 rings (SSSR count). The highest BCUT2D eigenvalue weighted by molar-refractivity contribution is 8.03. The van der Waals surface area contributed by atoms with E-state index in [1.54, 1.807) is 25.1 Å². The third kappa shape index (κ3) is 2.84. The van der Waals surface area contributed by atoms with Gasteiger partial charge in [-0.15, -0.1) is 0 Å². The van der Waals surface area contributed by atoms with Gasteiger partial charge in [0.2, 0.25) is 0 Å². The number of hydrogen-bond acceptors (Lipinski definition) is 6. The van der Waals surface area contributed by atoms with Crippen molar-refractivity contribution in [1.29, 1.82) is 0 Å². The first-order valence-corrected chi connectivity index (χ1v) is 7.58. The monoisotopic (exact) mass is 314 g/mol. The normalized spacial score (nSPS) is 17.7. The summed E-state index contributed by atoms with van der Waals surface area (Å²) in [6.07, 6.45) is 1.53. The maximum absolute atomic E-state index is 12.1. The molecule has 5 nitrogen and oxygen atoms in total. The highest BCUT2D eigenvalue weighted by atomic mass is 32.2. The zero-order valence-corrected chi connectivity index (χ0v) is 12.7. The van der Waals surface area contributed by atoms with Gasteiger partial charge in [-0.05, 0) is 24.6 Å². The molecule has 2 aromatic rings. The van der Waals surface area contributed by atoms with E-state index in [2.05, 4.69) is 4.98 Å². The van der Waals surface area contributed by atoms with E-state index in [0.717, 1.165) is 10.6 Å². The predicted octanol–water partition coefficient (Wildman–Crippen LogP) is 3.56. The lowest BCUT2D eigenvalue weighted by molar-refractivity contribution is -0.0651. The van der Waals surface area contributed by atoms with Crippen LogP contribution in [0.4, 0.5) is 0 Å². The number of thioether (sulfide) groups is 1. The molecule has 0 fully saturated rings. The topological polar surface area (TPSA) is 62.7 Å². The lowest BCUT2D eigenvalue weighted by atomic mass is 10.2. The van der Waals surface area contributed by atoms with E-state index in [1.807, 2.05) is 30.3 Å². The quantitative estimate of drug-likeness (QED) is 0.874. The molecule has 1 unspecified atom stereocenters. The van der Waals surface area contributed by atoms with Crippen LogP contribution in [0.2, 0.25) is 0 Å². The molecular weight excluding hydrogens is 300 g/mol. The van der Waals surface area contributed by atoms with Gasteiger partial charge in [0.25, 0.3) is 0 Å². The van der Waals surface area contributed by atoms with Crippen LogP contribution in [0.5, 0.6) is 0 Å². The summed E-state index contributed by atoms with van der Waals surface area (Å²) in [7, 11) is 0. The van der Waals surface area contributed by atoms with Crippen molar-refractivity contribution in [3.05, 3.63) is 76.8 Å². The maximum atomic E-state index is 12.1. The molecule has 112 valence electrons. The fraction of sp³-hybridized carbons (Fsp3) is 0.125. The Morgan fingerprint density at radius 2 is 1.95 bits per heavy atom. The van der Waals surface area contributed by atoms with Crippen LogP contribution in [-0.4, -0.2) is 21.2 Å². The van der Waals surface area contributed by atoms with Crippen LogP contribution in [0, 0.1) is 0 Å². The van der Waals surface area contributed by atoms with Gasteiger partial charge in [0.05, 0.1) is 5.70 Å². The highest BCUT2D eigenvalue weighted by Gasteiger charge is 2.33. The standard InChI is InChI=1S/C16H14N2O3S/c1-11-16(21-15(19)13-9-5-6-10-17-13)22-14(18(11)20)12-7-3-2-4-8-12/h2-10,14,20H,1H3. The Bertz CT molecular complexity index is 704. The molecule has 6 heteroatoms. The van der Waals surface area contributed by atoms with Crippen LogP contribution >= 0.6 is 11.8 Å². The SMILES string of the molecule is CC1=C(OC(=O)c2ccccn2)SC(c2ccccc2)N1O. The Kier molecular flexibility index (Phi) is 4.13. The fourth-order valence-corrected chi connectivity index (χ4v) is 3.19. The van der Waals surface area contributed by atoms with E-state index in [-0.39, 0.29) is 11.1 Å². The molecule has 0 amide bonds. The minimum atomic E-state index is -0.537. The van der Waals surface area contributed by atoms with Crippen molar-refractivity contribution >= 4 is 17.7 Å². The van der Waals surface area contributed by atoms with Gasteiger partial charge in [-0.2, -0.15) is 0 Å². The molecule has 0 saturated heterocycles. The van der Waals surface area contributed by atoms with Crippen LogP contribution < -0.4 is 0 Å². The summed E-state index contributed by atoms with van der Waals surface area (Å²) in [5, 5.41) is 11.4. The van der Waals surface area contributed by atoms with Crippen molar-refractivity contribution < 1.29 is 14.7 Å². The summed E-state index contributed by atoms with van der Waals surface area (Å²) < 4.78 is 5.37. The summed E-state index contributed by atoms with van der Waals surface area (Å²) in [5.41, 5.74) is 1.66. The van der Waals surface area contributed by atoms with E-state index >= 15 is 0 Å². The first-order chi connectivity index (χ1) is 10.7. The van der Waals surface area contributed by atoms with Crippen molar-refractivity contribution in [3.8, 4) is 0 Å². The zero-order chi connectivity index (χ0) is 15.5. The van der Waals surface area contributed by atoms with E-state index in [1.165, 1.54) is 18.0 Å². The number of ether oxygens (including phenoxy) is 1. The molecule has 0 bridgehead atoms. The molecule has 1 aliphatic heterocycles. The summed E-state index contributed by atoms with van der Waals surface area (Å²) in [4.78, 5) is 16.0. The maximum Gasteiger partial charge on any atom is 0.362 e. The minimum Gasteiger partial charge on any atom is -0.413 e. The second kappa shape index (κ2) is 6.21. The number of rotatable bonds is 3. The van der Waals surface area contributed by atoms with Gasteiger partial charge in [-0.25, -0.2) is 14.8 Å². The van der Waals surface area contributed by atoms with Crippen molar-refractivity contribution in [2.24, 2.45) is 0 Å². The lowest BCUT2D eigenvalue weighted by Gasteiger charge is -2.19. The highest BCUT2D eigenvalue weighted by Crippen LogP contribution is 2.46. The Hall–Kier alpha value is -2.31. The third-order valence-electron chi connectivity index (χ3n) is 3.22. The summed E-state index contributed by atoms with van der Waals surface area (Å²) >= 11 is 1.29. The number of carbonyl (C=O) groups is 1. The predicted molar refractivity (Wildman–Crippen MR) is 82.8 cm³/mol. The van der Waals surface area contributed by atoms with E-state index in [4.69, 9.17) is 4.74 Å². The third-order valence-corrected chi connectivity index (χ3v) is 4.51. The number of esters is 1. The minimum absolute atomic E-state index is 0.232. The molecule has 1 N–H and O–H groups in total. The number of pyridine rings is 1. The number of aromatic nitrogens is 1. The van der Waals surface area contributed by atoms with Crippen molar-refractivity contribution in [2.75, 3.05) is 0 Å². The molecular formula is C16H14N2O3S. The van der Waals surface area contributed by atoms with E-state index in [0.29, 0.717) is 10.8 Å². The first-order valence-electron chi connectivity index (χ1n) is 6.70. The number of carbonyl (C=O) groups excluding carboxylic acids is 1. The van der Waals surface area contributed by atoms with Crippen molar-refractivity contribution in [2.45, 2.75) is 12.3 Å². The number of hydroxylamine groups is 2. The second-order valence-corrected chi connectivity index (χ2v) is 5.76. The molecule has 1 aromatic carbocycles. The Balaban J connectivity index is 1.76. The van der Waals surface area contributed by atoms with E-state index < -0.39 is 5.97 Å². The molecule has 0 saturated carbocycles. The van der Waals surface area contributed by atoms with Crippen molar-refractivity contribution in [3.63, 3.8) is 0 Å². The number of benzene rings is 1. The molecule has 2 heterocycles. The Labute approximate surface area is 132 Å². The number of allylic oxidation sites excluding steroid dienone is 1. The van der Waals surface area contributed by atoms with Crippen LogP contribution in [-0.2, 0) is 4.74 Å². The van der Waals surface area contributed by atoms with Crippen LogP contribution in [0.15, 0.2) is 65.5 Å².